The molecule has 0 radical (unpaired) electrons. The van der Waals surface area contributed by atoms with Gasteiger partial charge in [0.1, 0.15) is 0 Å². The molecule has 1 unspecified atom stereocenters. The molecule has 0 spiro atoms. The Morgan fingerprint density at radius 2 is 2.31 bits per heavy atom. The molecule has 1 heteroatoms. The van der Waals surface area contributed by atoms with Crippen LogP contribution in [0, 0.1) is 0 Å². The van der Waals surface area contributed by atoms with Gasteiger partial charge in [0.15, 0.2) is 0 Å². The second kappa shape index (κ2) is 2.79. The zero-order chi connectivity index (χ0) is 9.42. The third kappa shape index (κ3) is 1.09. The van der Waals surface area contributed by atoms with Crippen molar-refractivity contribution in [1.82, 2.24) is 0 Å². The standard InChI is InChI=1S/C12H13N/c1-3-9-7-8(2)12-10(9)5-4-6-11(12)13/h4-6,8H,1,7,13H2,2H3. The summed E-state index contributed by atoms with van der Waals surface area (Å²) in [6.07, 6.45) is 1.02. The van der Waals surface area contributed by atoms with Crippen LogP contribution < -0.4 is 5.73 Å². The smallest absolute Gasteiger partial charge is 0.0355 e. The lowest BCUT2D eigenvalue weighted by molar-refractivity contribution is 0.830. The van der Waals surface area contributed by atoms with Gasteiger partial charge in [0.2, 0.25) is 0 Å². The van der Waals surface area contributed by atoms with Crippen molar-refractivity contribution in [2.24, 2.45) is 0 Å². The van der Waals surface area contributed by atoms with Gasteiger partial charge < -0.3 is 5.73 Å². The number of nitrogens with two attached hydrogens (primary N) is 1. The molecule has 0 aliphatic heterocycles. The van der Waals surface area contributed by atoms with Crippen molar-refractivity contribution in [3.63, 3.8) is 0 Å². The highest BCUT2D eigenvalue weighted by Gasteiger charge is 2.24. The molecule has 0 fully saturated rings. The molecule has 2 rings (SSSR count). The van der Waals surface area contributed by atoms with Crippen LogP contribution in [-0.2, 0) is 0 Å². The Balaban J connectivity index is 2.71. The maximum atomic E-state index is 5.92. The molecule has 1 aliphatic rings. The Kier molecular flexibility index (Phi) is 1.75. The Morgan fingerprint density at radius 1 is 1.54 bits per heavy atom. The summed E-state index contributed by atoms with van der Waals surface area (Å²) in [6, 6.07) is 6.05. The van der Waals surface area contributed by atoms with Crippen LogP contribution in [0.4, 0.5) is 5.69 Å². The Morgan fingerprint density at radius 3 is 3.00 bits per heavy atom. The van der Waals surface area contributed by atoms with Crippen LogP contribution in [-0.4, -0.2) is 0 Å². The van der Waals surface area contributed by atoms with E-state index in [2.05, 4.69) is 25.3 Å². The van der Waals surface area contributed by atoms with Crippen molar-refractivity contribution in [1.29, 1.82) is 0 Å². The van der Waals surface area contributed by atoms with Gasteiger partial charge in [-0.1, -0.05) is 25.6 Å². The maximum Gasteiger partial charge on any atom is 0.0355 e. The predicted molar refractivity (Wildman–Crippen MR) is 56.4 cm³/mol. The van der Waals surface area contributed by atoms with E-state index in [1.165, 1.54) is 16.7 Å². The molecule has 2 N–H and O–H groups in total. The fourth-order valence-electron chi connectivity index (χ4n) is 2.08. The normalized spacial score (nSPS) is 19.8. The van der Waals surface area contributed by atoms with Crippen LogP contribution in [0.2, 0.25) is 0 Å². The predicted octanol–water partition coefficient (Wildman–Crippen LogP) is 2.94. The van der Waals surface area contributed by atoms with Gasteiger partial charge in [-0.2, -0.15) is 0 Å². The largest absolute Gasteiger partial charge is 0.398 e. The van der Waals surface area contributed by atoms with Crippen LogP contribution in [0.5, 0.6) is 0 Å². The van der Waals surface area contributed by atoms with E-state index >= 15 is 0 Å². The summed E-state index contributed by atoms with van der Waals surface area (Å²) in [6.45, 7) is 5.90. The van der Waals surface area contributed by atoms with Crippen molar-refractivity contribution in [2.75, 3.05) is 5.73 Å². The highest BCUT2D eigenvalue weighted by molar-refractivity contribution is 5.77. The number of hydrogen-bond donors (Lipinski definition) is 1. The fraction of sp³-hybridized carbons (Fsp3) is 0.250. The molecule has 0 aromatic heterocycles. The molecular formula is C12H13N. The molecule has 0 amide bonds. The molecule has 0 saturated carbocycles. The summed E-state index contributed by atoms with van der Waals surface area (Å²) >= 11 is 0. The monoisotopic (exact) mass is 171 g/mol. The Labute approximate surface area is 78.6 Å². The van der Waals surface area contributed by atoms with Gasteiger partial charge in [-0.3, -0.25) is 0 Å². The molecule has 1 nitrogen and oxygen atoms in total. The summed E-state index contributed by atoms with van der Waals surface area (Å²) in [5.41, 5.74) is 13.5. The van der Waals surface area contributed by atoms with Crippen LogP contribution in [0.15, 0.2) is 30.5 Å². The van der Waals surface area contributed by atoms with E-state index in [0.717, 1.165) is 12.1 Å². The molecule has 0 heterocycles. The number of nitrogen functional groups attached to an aromatic ring is 1. The van der Waals surface area contributed by atoms with Crippen molar-refractivity contribution < 1.29 is 0 Å². The maximum absolute atomic E-state index is 5.92. The molecular weight excluding hydrogens is 158 g/mol. The average Bonchev–Trinajstić information content (AvgIpc) is 2.44. The highest BCUT2D eigenvalue weighted by atomic mass is 14.6. The van der Waals surface area contributed by atoms with E-state index in [1.54, 1.807) is 0 Å². The lowest BCUT2D eigenvalue weighted by Gasteiger charge is -2.06. The zero-order valence-electron chi connectivity index (χ0n) is 7.80. The van der Waals surface area contributed by atoms with Gasteiger partial charge in [-0.15, -0.1) is 5.73 Å². The van der Waals surface area contributed by atoms with Crippen molar-refractivity contribution in [3.8, 4) is 0 Å². The van der Waals surface area contributed by atoms with Crippen LogP contribution in [0.1, 0.15) is 30.4 Å². The van der Waals surface area contributed by atoms with Gasteiger partial charge in [0.25, 0.3) is 0 Å². The first-order valence-electron chi connectivity index (χ1n) is 4.51. The van der Waals surface area contributed by atoms with Gasteiger partial charge in [-0.25, -0.2) is 0 Å². The van der Waals surface area contributed by atoms with E-state index in [9.17, 15) is 0 Å². The first-order chi connectivity index (χ1) is 6.24. The van der Waals surface area contributed by atoms with Crippen LogP contribution in [0.25, 0.3) is 5.57 Å². The number of benzene rings is 1. The molecule has 66 valence electrons. The van der Waals surface area contributed by atoms with Crippen molar-refractivity contribution in [3.05, 3.63) is 41.6 Å². The van der Waals surface area contributed by atoms with Crippen molar-refractivity contribution >= 4 is 11.3 Å². The number of rotatable bonds is 0. The SMILES string of the molecule is C=C=C1CC(C)c2c(N)cccc21. The van der Waals surface area contributed by atoms with E-state index in [0.29, 0.717) is 5.92 Å². The Hall–Kier alpha value is -1.46. The Bertz CT molecular complexity index is 398. The minimum atomic E-state index is 0.514. The summed E-state index contributed by atoms with van der Waals surface area (Å²) in [5.74, 6) is 0.514. The molecule has 1 aromatic carbocycles. The van der Waals surface area contributed by atoms with E-state index < -0.39 is 0 Å². The van der Waals surface area contributed by atoms with Crippen LogP contribution in [0.3, 0.4) is 0 Å². The fourth-order valence-corrected chi connectivity index (χ4v) is 2.08. The lowest BCUT2D eigenvalue weighted by Crippen LogP contribution is -1.94. The number of anilines is 1. The second-order valence-electron chi connectivity index (χ2n) is 3.57. The lowest BCUT2D eigenvalue weighted by atomic mass is 10.0. The second-order valence-corrected chi connectivity index (χ2v) is 3.57. The van der Waals surface area contributed by atoms with Gasteiger partial charge in [0.05, 0.1) is 0 Å². The van der Waals surface area contributed by atoms with E-state index in [1.807, 2.05) is 12.1 Å². The summed E-state index contributed by atoms with van der Waals surface area (Å²) < 4.78 is 0. The first-order valence-corrected chi connectivity index (χ1v) is 4.51. The van der Waals surface area contributed by atoms with Gasteiger partial charge >= 0.3 is 0 Å². The minimum Gasteiger partial charge on any atom is -0.398 e. The number of allylic oxidation sites excluding steroid dienone is 1. The number of fused-ring (bicyclic) bond motifs is 1. The quantitative estimate of drug-likeness (QED) is 0.471. The molecule has 0 bridgehead atoms. The number of hydrogen-bond acceptors (Lipinski definition) is 1. The average molecular weight is 171 g/mol. The summed E-state index contributed by atoms with van der Waals surface area (Å²) in [4.78, 5) is 0. The minimum absolute atomic E-state index is 0.514. The van der Waals surface area contributed by atoms with Crippen molar-refractivity contribution in [2.45, 2.75) is 19.3 Å². The highest BCUT2D eigenvalue weighted by Crippen LogP contribution is 2.42. The van der Waals surface area contributed by atoms with Gasteiger partial charge in [0, 0.05) is 11.3 Å². The molecule has 1 aliphatic carbocycles. The van der Waals surface area contributed by atoms with Crippen LogP contribution >= 0.6 is 0 Å². The summed E-state index contributed by atoms with van der Waals surface area (Å²) in [5, 5.41) is 0. The van der Waals surface area contributed by atoms with Gasteiger partial charge in [-0.05, 0) is 29.5 Å². The summed E-state index contributed by atoms with van der Waals surface area (Å²) in [7, 11) is 0. The third-order valence-corrected chi connectivity index (χ3v) is 2.68. The molecule has 1 aromatic rings. The zero-order valence-corrected chi connectivity index (χ0v) is 7.80. The third-order valence-electron chi connectivity index (χ3n) is 2.68. The topological polar surface area (TPSA) is 26.0 Å². The first kappa shape index (κ1) is 8.15. The molecule has 13 heavy (non-hydrogen) atoms. The van der Waals surface area contributed by atoms with E-state index in [4.69, 9.17) is 5.73 Å². The van der Waals surface area contributed by atoms with E-state index in [-0.39, 0.29) is 0 Å². The molecule has 0 saturated heterocycles. The molecule has 1 atom stereocenters.